The van der Waals surface area contributed by atoms with Gasteiger partial charge in [-0.05, 0) is 64.8 Å². The van der Waals surface area contributed by atoms with Crippen LogP contribution < -0.4 is 10.3 Å². The number of nitrogens with one attached hydrogen (secondary N) is 2. The first-order valence-electron chi connectivity index (χ1n) is 9.90. The largest absolute Gasteiger partial charge is 0.329 e. The summed E-state index contributed by atoms with van der Waals surface area (Å²) in [7, 11) is -3.28. The number of rotatable bonds is 6. The number of hydrogen-bond acceptors (Lipinski definition) is 3. The molecule has 0 bridgehead atoms. The van der Waals surface area contributed by atoms with Crippen LogP contribution in [0.1, 0.15) is 37.5 Å². The molecule has 2 N–H and O–H groups in total. The van der Waals surface area contributed by atoms with Crippen LogP contribution in [0.3, 0.4) is 0 Å². The van der Waals surface area contributed by atoms with Crippen molar-refractivity contribution >= 4 is 15.7 Å². The first-order chi connectivity index (χ1) is 14.0. The van der Waals surface area contributed by atoms with E-state index in [-0.39, 0.29) is 11.0 Å². The fourth-order valence-corrected chi connectivity index (χ4v) is 3.88. The first kappa shape index (κ1) is 21.8. The van der Waals surface area contributed by atoms with Gasteiger partial charge in [0.1, 0.15) is 0 Å². The Labute approximate surface area is 178 Å². The van der Waals surface area contributed by atoms with E-state index in [0.29, 0.717) is 11.3 Å². The molecule has 1 aromatic heterocycles. The second-order valence-corrected chi connectivity index (χ2v) is 10.4. The van der Waals surface area contributed by atoms with Crippen LogP contribution in [0.25, 0.3) is 11.1 Å². The minimum Gasteiger partial charge on any atom is -0.329 e. The highest BCUT2D eigenvalue weighted by molar-refractivity contribution is 7.92. The minimum absolute atomic E-state index is 0.0364. The van der Waals surface area contributed by atoms with Crippen LogP contribution in [0.2, 0.25) is 0 Å². The number of H-pyrrole nitrogens is 1. The summed E-state index contributed by atoms with van der Waals surface area (Å²) in [6.07, 6.45) is 4.42. The maximum Gasteiger partial charge on any atom is 0.255 e. The van der Waals surface area contributed by atoms with Gasteiger partial charge in [-0.15, -0.1) is 0 Å². The molecule has 0 spiro atoms. The third-order valence-corrected chi connectivity index (χ3v) is 5.55. The van der Waals surface area contributed by atoms with E-state index in [9.17, 15) is 13.2 Å². The van der Waals surface area contributed by atoms with Crippen LogP contribution in [-0.2, 0) is 28.3 Å². The number of anilines is 1. The summed E-state index contributed by atoms with van der Waals surface area (Å²) in [6, 6.07) is 17.5. The summed E-state index contributed by atoms with van der Waals surface area (Å²) in [4.78, 5) is 15.0. The Balaban J connectivity index is 1.86. The highest BCUT2D eigenvalue weighted by Gasteiger charge is 2.16. The van der Waals surface area contributed by atoms with Crippen molar-refractivity contribution in [1.29, 1.82) is 0 Å². The number of pyridine rings is 1. The molecule has 0 aliphatic heterocycles. The lowest BCUT2D eigenvalue weighted by molar-refractivity contribution is 0.589. The highest BCUT2D eigenvalue weighted by atomic mass is 32.2. The number of aryl methyl sites for hydroxylation is 2. The number of aromatic amines is 1. The highest BCUT2D eigenvalue weighted by Crippen LogP contribution is 2.29. The summed E-state index contributed by atoms with van der Waals surface area (Å²) in [5.74, 6) is 0. The molecule has 0 fully saturated rings. The fourth-order valence-electron chi connectivity index (χ4n) is 3.32. The van der Waals surface area contributed by atoms with E-state index in [4.69, 9.17) is 0 Å². The van der Waals surface area contributed by atoms with Gasteiger partial charge in [0.2, 0.25) is 10.0 Å². The second kappa shape index (κ2) is 8.48. The van der Waals surface area contributed by atoms with E-state index in [1.807, 2.05) is 24.3 Å². The zero-order chi connectivity index (χ0) is 21.9. The zero-order valence-corrected chi connectivity index (χ0v) is 18.6. The molecule has 2 aromatic carbocycles. The Bertz CT molecular complexity index is 1190. The van der Waals surface area contributed by atoms with Crippen LogP contribution in [0.15, 0.2) is 65.6 Å². The van der Waals surface area contributed by atoms with E-state index < -0.39 is 10.0 Å². The van der Waals surface area contributed by atoms with Crippen LogP contribution in [0.5, 0.6) is 0 Å². The molecular weight excluding hydrogens is 396 g/mol. The molecule has 30 heavy (non-hydrogen) atoms. The molecule has 0 aliphatic carbocycles. The molecular formula is C24H28N2O3S. The van der Waals surface area contributed by atoms with Crippen molar-refractivity contribution in [1.82, 2.24) is 4.98 Å². The quantitative estimate of drug-likeness (QED) is 0.612. The van der Waals surface area contributed by atoms with E-state index in [2.05, 4.69) is 48.7 Å². The Hall–Kier alpha value is -2.86. The molecule has 158 valence electrons. The summed E-state index contributed by atoms with van der Waals surface area (Å²) >= 11 is 0. The second-order valence-electron chi connectivity index (χ2n) is 8.65. The third-order valence-electron chi connectivity index (χ3n) is 4.95. The van der Waals surface area contributed by atoms with Crippen LogP contribution in [0.4, 0.5) is 5.69 Å². The average molecular weight is 425 g/mol. The van der Waals surface area contributed by atoms with Gasteiger partial charge in [-0.25, -0.2) is 8.42 Å². The molecule has 0 unspecified atom stereocenters. The maximum atomic E-state index is 12.3. The van der Waals surface area contributed by atoms with Gasteiger partial charge in [-0.1, -0.05) is 51.1 Å². The summed E-state index contributed by atoms with van der Waals surface area (Å²) in [6.45, 7) is 6.50. The van der Waals surface area contributed by atoms with Crippen molar-refractivity contribution in [3.8, 4) is 11.1 Å². The van der Waals surface area contributed by atoms with Crippen LogP contribution >= 0.6 is 0 Å². The lowest BCUT2D eigenvalue weighted by Crippen LogP contribution is -2.13. The van der Waals surface area contributed by atoms with Gasteiger partial charge in [0, 0.05) is 17.4 Å². The summed E-state index contributed by atoms with van der Waals surface area (Å²) < 4.78 is 25.2. The molecule has 0 saturated carbocycles. The first-order valence-corrected chi connectivity index (χ1v) is 11.8. The molecule has 0 atom stereocenters. The molecule has 0 aliphatic rings. The van der Waals surface area contributed by atoms with Gasteiger partial charge in [-0.3, -0.25) is 9.52 Å². The lowest BCUT2D eigenvalue weighted by atomic mass is 9.83. The van der Waals surface area contributed by atoms with Crippen LogP contribution in [-0.4, -0.2) is 19.7 Å². The van der Waals surface area contributed by atoms with Crippen molar-refractivity contribution in [3.63, 3.8) is 0 Å². The Morgan fingerprint density at radius 1 is 0.933 bits per heavy atom. The fraction of sp³-hybridized carbons (Fsp3) is 0.292. The van der Waals surface area contributed by atoms with E-state index in [1.54, 1.807) is 18.3 Å². The molecule has 0 saturated heterocycles. The minimum atomic E-state index is -3.28. The smallest absolute Gasteiger partial charge is 0.255 e. The van der Waals surface area contributed by atoms with E-state index in [1.165, 1.54) is 11.1 Å². The van der Waals surface area contributed by atoms with Crippen molar-refractivity contribution in [2.75, 3.05) is 11.0 Å². The molecule has 1 heterocycles. The predicted molar refractivity (Wildman–Crippen MR) is 124 cm³/mol. The van der Waals surface area contributed by atoms with Gasteiger partial charge in [0.15, 0.2) is 0 Å². The number of aromatic nitrogens is 1. The maximum absolute atomic E-state index is 12.3. The molecule has 3 rings (SSSR count). The average Bonchev–Trinajstić information content (AvgIpc) is 2.66. The van der Waals surface area contributed by atoms with Crippen molar-refractivity contribution in [2.45, 2.75) is 39.0 Å². The zero-order valence-electron chi connectivity index (χ0n) is 17.8. The van der Waals surface area contributed by atoms with E-state index >= 15 is 0 Å². The summed E-state index contributed by atoms with van der Waals surface area (Å²) in [5.41, 5.74) is 5.49. The van der Waals surface area contributed by atoms with Gasteiger partial charge < -0.3 is 4.98 Å². The standard InChI is InChI=1S/C24H28N2O3S/c1-24(2,3)20-15-18(14-19(16-20)22-6-5-13-25-23(22)27)8-7-17-9-11-21(12-10-17)26-30(4,28)29/h5-6,9-16,26H,7-8H2,1-4H3,(H,25,27). The van der Waals surface area contributed by atoms with Crippen molar-refractivity contribution in [2.24, 2.45) is 0 Å². The Kier molecular flexibility index (Phi) is 6.17. The molecule has 5 nitrogen and oxygen atoms in total. The van der Waals surface area contributed by atoms with E-state index in [0.717, 1.165) is 30.2 Å². The third kappa shape index (κ3) is 5.83. The van der Waals surface area contributed by atoms with Crippen LogP contribution in [0, 0.1) is 0 Å². The van der Waals surface area contributed by atoms with Crippen molar-refractivity contribution < 1.29 is 8.42 Å². The Morgan fingerprint density at radius 3 is 2.20 bits per heavy atom. The Morgan fingerprint density at radius 2 is 1.60 bits per heavy atom. The predicted octanol–water partition coefficient (Wildman–Crippen LogP) is 4.50. The number of hydrogen-bond donors (Lipinski definition) is 2. The summed E-state index contributed by atoms with van der Waals surface area (Å²) in [5, 5.41) is 0. The molecule has 3 aromatic rings. The SMILES string of the molecule is CC(C)(C)c1cc(CCc2ccc(NS(C)(=O)=O)cc2)cc(-c2ccc[nH]c2=O)c1. The molecule has 0 amide bonds. The topological polar surface area (TPSA) is 79.0 Å². The van der Waals surface area contributed by atoms with Crippen molar-refractivity contribution in [3.05, 3.63) is 87.8 Å². The lowest BCUT2D eigenvalue weighted by Gasteiger charge is -2.21. The molecule has 6 heteroatoms. The van der Waals surface area contributed by atoms with Gasteiger partial charge >= 0.3 is 0 Å². The number of benzene rings is 2. The van der Waals surface area contributed by atoms with Gasteiger partial charge in [0.25, 0.3) is 5.56 Å². The van der Waals surface area contributed by atoms with Gasteiger partial charge in [0.05, 0.1) is 6.26 Å². The monoisotopic (exact) mass is 424 g/mol. The van der Waals surface area contributed by atoms with Gasteiger partial charge in [-0.2, -0.15) is 0 Å². The molecule has 0 radical (unpaired) electrons. The normalized spacial score (nSPS) is 12.0. The number of sulfonamides is 1.